The predicted octanol–water partition coefficient (Wildman–Crippen LogP) is 3.83. The van der Waals surface area contributed by atoms with Gasteiger partial charge in [-0.05, 0) is 24.6 Å². The van der Waals surface area contributed by atoms with E-state index in [2.05, 4.69) is 9.97 Å². The van der Waals surface area contributed by atoms with Gasteiger partial charge in [0.15, 0.2) is 11.6 Å². The van der Waals surface area contributed by atoms with E-state index in [-0.39, 0.29) is 16.7 Å². The zero-order valence-electron chi connectivity index (χ0n) is 10.9. The van der Waals surface area contributed by atoms with Crippen LogP contribution < -0.4 is 5.56 Å². The first-order chi connectivity index (χ1) is 9.95. The Hall–Kier alpha value is -2.27. The summed E-state index contributed by atoms with van der Waals surface area (Å²) in [5, 5.41) is 0.524. The summed E-state index contributed by atoms with van der Waals surface area (Å²) in [5.41, 5.74) is 1.03. The normalized spacial score (nSPS) is 11.0. The number of rotatable bonds is 1. The molecule has 0 saturated carbocycles. The number of benzene rings is 2. The average Bonchev–Trinajstić information content (AvgIpc) is 2.44. The van der Waals surface area contributed by atoms with Crippen molar-refractivity contribution in [2.24, 2.45) is 0 Å². The van der Waals surface area contributed by atoms with Gasteiger partial charge in [-0.1, -0.05) is 23.7 Å². The lowest BCUT2D eigenvalue weighted by atomic mass is 10.1. The van der Waals surface area contributed by atoms with Gasteiger partial charge >= 0.3 is 0 Å². The maximum absolute atomic E-state index is 13.3. The van der Waals surface area contributed by atoms with Gasteiger partial charge in [0.1, 0.15) is 5.82 Å². The molecule has 0 aliphatic rings. The van der Waals surface area contributed by atoms with E-state index in [1.165, 1.54) is 0 Å². The zero-order valence-corrected chi connectivity index (χ0v) is 11.6. The fourth-order valence-electron chi connectivity index (χ4n) is 2.01. The number of nitrogens with zero attached hydrogens (tertiary/aromatic N) is 1. The summed E-state index contributed by atoms with van der Waals surface area (Å²) >= 11 is 6.04. The van der Waals surface area contributed by atoms with Crippen LogP contribution in [0.4, 0.5) is 8.78 Å². The standard InChI is InChI=1S/C15H9ClF2N2O/c1-7-2-3-8(4-10(7)16)14-19-13-6-12(18)11(17)5-9(13)15(21)20-14/h2-6H,1H3,(H,19,20,21). The second-order valence-corrected chi connectivity index (χ2v) is 5.07. The first-order valence-corrected chi connectivity index (χ1v) is 6.49. The molecule has 0 amide bonds. The van der Waals surface area contributed by atoms with Crippen LogP contribution in [0, 0.1) is 18.6 Å². The number of hydrogen-bond acceptors (Lipinski definition) is 2. The van der Waals surface area contributed by atoms with Crippen LogP contribution in [0.15, 0.2) is 35.1 Å². The number of aromatic nitrogens is 2. The van der Waals surface area contributed by atoms with Crippen LogP contribution in [0.1, 0.15) is 5.56 Å². The first kappa shape index (κ1) is 13.7. The molecule has 0 saturated heterocycles. The van der Waals surface area contributed by atoms with E-state index < -0.39 is 17.2 Å². The van der Waals surface area contributed by atoms with Crippen LogP contribution in [0.3, 0.4) is 0 Å². The molecule has 2 aromatic carbocycles. The Morgan fingerprint density at radius 1 is 1.14 bits per heavy atom. The van der Waals surface area contributed by atoms with Crippen molar-refractivity contribution in [1.29, 1.82) is 0 Å². The predicted molar refractivity (Wildman–Crippen MR) is 77.5 cm³/mol. The van der Waals surface area contributed by atoms with Crippen LogP contribution in [0.2, 0.25) is 5.02 Å². The summed E-state index contributed by atoms with van der Waals surface area (Å²) in [7, 11) is 0. The summed E-state index contributed by atoms with van der Waals surface area (Å²) in [4.78, 5) is 18.7. The molecule has 0 atom stereocenters. The van der Waals surface area contributed by atoms with Gasteiger partial charge in [-0.3, -0.25) is 4.79 Å². The summed E-state index contributed by atoms with van der Waals surface area (Å²) in [6, 6.07) is 6.92. The molecule has 21 heavy (non-hydrogen) atoms. The summed E-state index contributed by atoms with van der Waals surface area (Å²) < 4.78 is 26.5. The Morgan fingerprint density at radius 3 is 2.57 bits per heavy atom. The van der Waals surface area contributed by atoms with Gasteiger partial charge in [0, 0.05) is 16.7 Å². The van der Waals surface area contributed by atoms with Crippen molar-refractivity contribution in [3.8, 4) is 11.4 Å². The van der Waals surface area contributed by atoms with Gasteiger partial charge in [-0.25, -0.2) is 13.8 Å². The van der Waals surface area contributed by atoms with Crippen molar-refractivity contribution in [2.75, 3.05) is 0 Å². The van der Waals surface area contributed by atoms with Crippen LogP contribution in [-0.4, -0.2) is 9.97 Å². The SMILES string of the molecule is Cc1ccc(-c2nc3cc(F)c(F)cc3c(=O)[nH]2)cc1Cl. The molecule has 1 heterocycles. The van der Waals surface area contributed by atoms with Crippen LogP contribution >= 0.6 is 11.6 Å². The third-order valence-electron chi connectivity index (χ3n) is 3.19. The molecule has 3 rings (SSSR count). The molecule has 0 unspecified atom stereocenters. The fraction of sp³-hybridized carbons (Fsp3) is 0.0667. The van der Waals surface area contributed by atoms with Crippen molar-refractivity contribution < 1.29 is 8.78 Å². The number of aryl methyl sites for hydroxylation is 1. The van der Waals surface area contributed by atoms with Crippen LogP contribution in [0.5, 0.6) is 0 Å². The molecular weight excluding hydrogens is 298 g/mol. The maximum atomic E-state index is 13.3. The van der Waals surface area contributed by atoms with Crippen LogP contribution in [0.25, 0.3) is 22.3 Å². The molecule has 6 heteroatoms. The zero-order chi connectivity index (χ0) is 15.1. The number of H-pyrrole nitrogens is 1. The molecular formula is C15H9ClF2N2O. The minimum Gasteiger partial charge on any atom is -0.306 e. The lowest BCUT2D eigenvalue weighted by molar-refractivity contribution is 0.510. The van der Waals surface area contributed by atoms with E-state index in [1.54, 1.807) is 18.2 Å². The summed E-state index contributed by atoms with van der Waals surface area (Å²) in [6.07, 6.45) is 0. The molecule has 3 nitrogen and oxygen atoms in total. The van der Waals surface area contributed by atoms with Crippen molar-refractivity contribution >= 4 is 22.5 Å². The third kappa shape index (κ3) is 2.40. The fourth-order valence-corrected chi connectivity index (χ4v) is 2.19. The Bertz CT molecular complexity index is 921. The second-order valence-electron chi connectivity index (χ2n) is 4.66. The van der Waals surface area contributed by atoms with E-state index in [0.29, 0.717) is 10.6 Å². The van der Waals surface area contributed by atoms with E-state index in [9.17, 15) is 13.6 Å². The topological polar surface area (TPSA) is 45.8 Å². The lowest BCUT2D eigenvalue weighted by Gasteiger charge is -2.05. The third-order valence-corrected chi connectivity index (χ3v) is 3.60. The molecule has 0 aliphatic carbocycles. The average molecular weight is 307 g/mol. The smallest absolute Gasteiger partial charge is 0.259 e. The molecule has 106 valence electrons. The molecule has 0 fully saturated rings. The number of nitrogens with one attached hydrogen (secondary N) is 1. The van der Waals surface area contributed by atoms with Crippen molar-refractivity contribution in [3.05, 3.63) is 62.9 Å². The Morgan fingerprint density at radius 2 is 1.86 bits per heavy atom. The summed E-state index contributed by atoms with van der Waals surface area (Å²) in [6.45, 7) is 1.85. The minimum atomic E-state index is -1.08. The van der Waals surface area contributed by atoms with Crippen LogP contribution in [-0.2, 0) is 0 Å². The molecule has 3 aromatic rings. The molecule has 1 aromatic heterocycles. The van der Waals surface area contributed by atoms with E-state index in [1.807, 2.05) is 6.92 Å². The van der Waals surface area contributed by atoms with Gasteiger partial charge in [-0.2, -0.15) is 0 Å². The number of fused-ring (bicyclic) bond motifs is 1. The van der Waals surface area contributed by atoms with Crippen molar-refractivity contribution in [1.82, 2.24) is 9.97 Å². The molecule has 0 radical (unpaired) electrons. The number of halogens is 3. The van der Waals surface area contributed by atoms with E-state index in [4.69, 9.17) is 11.6 Å². The highest BCUT2D eigenvalue weighted by Gasteiger charge is 2.11. The quantitative estimate of drug-likeness (QED) is 0.742. The van der Waals surface area contributed by atoms with Crippen molar-refractivity contribution in [2.45, 2.75) is 6.92 Å². The Kier molecular flexibility index (Phi) is 3.22. The number of aromatic amines is 1. The maximum Gasteiger partial charge on any atom is 0.259 e. The van der Waals surface area contributed by atoms with Gasteiger partial charge in [0.05, 0.1) is 10.9 Å². The summed E-state index contributed by atoms with van der Waals surface area (Å²) in [5.74, 6) is -1.88. The highest BCUT2D eigenvalue weighted by molar-refractivity contribution is 6.31. The largest absolute Gasteiger partial charge is 0.306 e. The van der Waals surface area contributed by atoms with Gasteiger partial charge in [0.2, 0.25) is 0 Å². The highest BCUT2D eigenvalue weighted by atomic mass is 35.5. The second kappa shape index (κ2) is 4.93. The molecule has 0 aliphatic heterocycles. The van der Waals surface area contributed by atoms with E-state index >= 15 is 0 Å². The first-order valence-electron chi connectivity index (χ1n) is 6.11. The minimum absolute atomic E-state index is 0.00383. The monoisotopic (exact) mass is 306 g/mol. The van der Waals surface area contributed by atoms with Gasteiger partial charge in [0.25, 0.3) is 5.56 Å². The Labute approximate surface area is 123 Å². The molecule has 1 N–H and O–H groups in total. The van der Waals surface area contributed by atoms with Gasteiger partial charge in [-0.15, -0.1) is 0 Å². The van der Waals surface area contributed by atoms with Crippen molar-refractivity contribution in [3.63, 3.8) is 0 Å². The number of hydrogen-bond donors (Lipinski definition) is 1. The molecule has 0 spiro atoms. The Balaban J connectivity index is 2.27. The highest BCUT2D eigenvalue weighted by Crippen LogP contribution is 2.23. The lowest BCUT2D eigenvalue weighted by Crippen LogP contribution is -2.10. The van der Waals surface area contributed by atoms with E-state index in [0.717, 1.165) is 17.7 Å². The molecule has 0 bridgehead atoms. The van der Waals surface area contributed by atoms with Gasteiger partial charge < -0.3 is 4.98 Å².